The first-order valence-electron chi connectivity index (χ1n) is 7.37. The van der Waals surface area contributed by atoms with E-state index in [0.717, 1.165) is 13.1 Å². The predicted octanol–water partition coefficient (Wildman–Crippen LogP) is 3.10. The lowest BCUT2D eigenvalue weighted by molar-refractivity contribution is -0.121. The van der Waals surface area contributed by atoms with Gasteiger partial charge in [-0.05, 0) is 25.7 Å². The average molecular weight is 256 g/mol. The van der Waals surface area contributed by atoms with Crippen LogP contribution in [0.2, 0.25) is 0 Å². The van der Waals surface area contributed by atoms with Crippen LogP contribution < -0.4 is 10.6 Å². The van der Waals surface area contributed by atoms with Gasteiger partial charge < -0.3 is 10.6 Å². The summed E-state index contributed by atoms with van der Waals surface area (Å²) in [4.78, 5) is 11.4. The molecule has 0 spiro atoms. The number of nitrogens with one attached hydrogen (secondary N) is 2. The molecule has 0 heterocycles. The lowest BCUT2D eigenvalue weighted by Crippen LogP contribution is -2.35. The monoisotopic (exact) mass is 256 g/mol. The van der Waals surface area contributed by atoms with E-state index in [0.29, 0.717) is 11.8 Å². The Morgan fingerprint density at radius 2 is 1.89 bits per heavy atom. The Labute approximate surface area is 113 Å². The van der Waals surface area contributed by atoms with Gasteiger partial charge in [-0.15, -0.1) is 0 Å². The van der Waals surface area contributed by atoms with E-state index in [9.17, 15) is 4.79 Å². The minimum absolute atomic E-state index is 0.140. The summed E-state index contributed by atoms with van der Waals surface area (Å²) < 4.78 is 0. The quantitative estimate of drug-likeness (QED) is 0.590. The Morgan fingerprint density at radius 3 is 2.44 bits per heavy atom. The van der Waals surface area contributed by atoms with Crippen LogP contribution in [0.5, 0.6) is 0 Å². The molecule has 3 heteroatoms. The SMILES string of the molecule is CCCCCC(C)(C)CNCCC(=O)NC(C)C. The summed E-state index contributed by atoms with van der Waals surface area (Å²) in [5.74, 6) is 0.140. The van der Waals surface area contributed by atoms with Gasteiger partial charge in [0.2, 0.25) is 5.91 Å². The summed E-state index contributed by atoms with van der Waals surface area (Å²) in [5, 5.41) is 6.30. The van der Waals surface area contributed by atoms with E-state index < -0.39 is 0 Å². The molecule has 108 valence electrons. The van der Waals surface area contributed by atoms with Crippen LogP contribution in [0, 0.1) is 5.41 Å². The van der Waals surface area contributed by atoms with Gasteiger partial charge in [0.15, 0.2) is 0 Å². The van der Waals surface area contributed by atoms with E-state index in [1.807, 2.05) is 13.8 Å². The lowest BCUT2D eigenvalue weighted by Gasteiger charge is -2.25. The first-order chi connectivity index (χ1) is 8.37. The van der Waals surface area contributed by atoms with Gasteiger partial charge in [-0.3, -0.25) is 4.79 Å². The third-order valence-corrected chi connectivity index (χ3v) is 3.04. The van der Waals surface area contributed by atoms with E-state index in [-0.39, 0.29) is 11.9 Å². The van der Waals surface area contributed by atoms with Crippen LogP contribution in [-0.4, -0.2) is 25.0 Å². The number of hydrogen-bond donors (Lipinski definition) is 2. The lowest BCUT2D eigenvalue weighted by atomic mass is 9.87. The molecule has 0 aliphatic heterocycles. The highest BCUT2D eigenvalue weighted by atomic mass is 16.1. The molecule has 0 aromatic rings. The number of carbonyl (C=O) groups is 1. The number of carbonyl (C=O) groups excluding carboxylic acids is 1. The molecule has 0 radical (unpaired) electrons. The standard InChI is InChI=1S/C15H32N2O/c1-6-7-8-10-15(4,5)12-16-11-9-14(18)17-13(2)3/h13,16H,6-12H2,1-5H3,(H,17,18). The van der Waals surface area contributed by atoms with Gasteiger partial charge in [0.1, 0.15) is 0 Å². The van der Waals surface area contributed by atoms with Crippen LogP contribution in [0.25, 0.3) is 0 Å². The molecule has 0 atom stereocenters. The largest absolute Gasteiger partial charge is 0.354 e. The van der Waals surface area contributed by atoms with Gasteiger partial charge in [0, 0.05) is 25.6 Å². The van der Waals surface area contributed by atoms with Gasteiger partial charge in [0.05, 0.1) is 0 Å². The van der Waals surface area contributed by atoms with Crippen molar-refractivity contribution in [3.63, 3.8) is 0 Å². The Bertz CT molecular complexity index is 225. The molecular formula is C15H32N2O. The van der Waals surface area contributed by atoms with Crippen molar-refractivity contribution < 1.29 is 4.79 Å². The van der Waals surface area contributed by atoms with Gasteiger partial charge in [-0.2, -0.15) is 0 Å². The van der Waals surface area contributed by atoms with Crippen LogP contribution >= 0.6 is 0 Å². The molecule has 0 aromatic carbocycles. The van der Waals surface area contributed by atoms with E-state index in [1.54, 1.807) is 0 Å². The maximum absolute atomic E-state index is 11.4. The molecule has 0 aliphatic carbocycles. The Hall–Kier alpha value is -0.570. The normalized spacial score (nSPS) is 11.9. The molecule has 0 bridgehead atoms. The molecule has 0 aliphatic rings. The van der Waals surface area contributed by atoms with Crippen molar-refractivity contribution >= 4 is 5.91 Å². The van der Waals surface area contributed by atoms with E-state index in [1.165, 1.54) is 25.7 Å². The molecule has 0 saturated carbocycles. The highest BCUT2D eigenvalue weighted by Crippen LogP contribution is 2.22. The van der Waals surface area contributed by atoms with Crippen molar-refractivity contribution in [2.24, 2.45) is 5.41 Å². The van der Waals surface area contributed by atoms with Gasteiger partial charge >= 0.3 is 0 Å². The zero-order valence-corrected chi connectivity index (χ0v) is 12.9. The number of amides is 1. The van der Waals surface area contributed by atoms with Gasteiger partial charge in [0.25, 0.3) is 0 Å². The predicted molar refractivity (Wildman–Crippen MR) is 78.7 cm³/mol. The summed E-state index contributed by atoms with van der Waals surface area (Å²) in [5.41, 5.74) is 0.337. The van der Waals surface area contributed by atoms with Crippen molar-refractivity contribution in [3.8, 4) is 0 Å². The summed E-state index contributed by atoms with van der Waals surface area (Å²) in [6.45, 7) is 12.6. The first-order valence-corrected chi connectivity index (χ1v) is 7.37. The molecule has 18 heavy (non-hydrogen) atoms. The summed E-state index contributed by atoms with van der Waals surface area (Å²) >= 11 is 0. The topological polar surface area (TPSA) is 41.1 Å². The fraction of sp³-hybridized carbons (Fsp3) is 0.933. The molecule has 2 N–H and O–H groups in total. The highest BCUT2D eigenvalue weighted by molar-refractivity contribution is 5.76. The minimum Gasteiger partial charge on any atom is -0.354 e. The van der Waals surface area contributed by atoms with Crippen LogP contribution in [0.3, 0.4) is 0 Å². The van der Waals surface area contributed by atoms with Gasteiger partial charge in [-0.1, -0.05) is 40.0 Å². The Kier molecular flexibility index (Phi) is 9.08. The van der Waals surface area contributed by atoms with E-state index in [4.69, 9.17) is 0 Å². The number of rotatable bonds is 10. The highest BCUT2D eigenvalue weighted by Gasteiger charge is 2.16. The average Bonchev–Trinajstić information content (AvgIpc) is 2.24. The Morgan fingerprint density at radius 1 is 1.22 bits per heavy atom. The summed E-state index contributed by atoms with van der Waals surface area (Å²) in [7, 11) is 0. The second-order valence-electron chi connectivity index (χ2n) is 6.27. The molecule has 0 saturated heterocycles. The molecular weight excluding hydrogens is 224 g/mol. The second-order valence-corrected chi connectivity index (χ2v) is 6.27. The maximum atomic E-state index is 11.4. The van der Waals surface area contributed by atoms with E-state index in [2.05, 4.69) is 31.4 Å². The molecule has 0 aromatic heterocycles. The van der Waals surface area contributed by atoms with Crippen LogP contribution in [0.1, 0.15) is 66.7 Å². The zero-order valence-electron chi connectivity index (χ0n) is 12.9. The van der Waals surface area contributed by atoms with Crippen LogP contribution in [0.15, 0.2) is 0 Å². The van der Waals surface area contributed by atoms with E-state index >= 15 is 0 Å². The smallest absolute Gasteiger partial charge is 0.221 e. The molecule has 1 amide bonds. The summed E-state index contributed by atoms with van der Waals surface area (Å²) in [6.07, 6.45) is 5.73. The third kappa shape index (κ3) is 10.6. The first kappa shape index (κ1) is 17.4. The molecule has 0 rings (SSSR count). The maximum Gasteiger partial charge on any atom is 0.221 e. The fourth-order valence-electron chi connectivity index (χ4n) is 1.96. The molecule has 0 fully saturated rings. The van der Waals surface area contributed by atoms with Crippen LogP contribution in [-0.2, 0) is 4.79 Å². The van der Waals surface area contributed by atoms with Crippen molar-refractivity contribution in [1.82, 2.24) is 10.6 Å². The number of hydrogen-bond acceptors (Lipinski definition) is 2. The van der Waals surface area contributed by atoms with Crippen molar-refractivity contribution in [3.05, 3.63) is 0 Å². The Balaban J connectivity index is 3.60. The van der Waals surface area contributed by atoms with Crippen LogP contribution in [0.4, 0.5) is 0 Å². The minimum atomic E-state index is 0.140. The third-order valence-electron chi connectivity index (χ3n) is 3.04. The van der Waals surface area contributed by atoms with Crippen molar-refractivity contribution in [2.75, 3.05) is 13.1 Å². The fourth-order valence-corrected chi connectivity index (χ4v) is 1.96. The van der Waals surface area contributed by atoms with Crippen molar-refractivity contribution in [1.29, 1.82) is 0 Å². The molecule has 0 unspecified atom stereocenters. The zero-order chi connectivity index (χ0) is 14.0. The van der Waals surface area contributed by atoms with Gasteiger partial charge in [-0.25, -0.2) is 0 Å². The molecule has 3 nitrogen and oxygen atoms in total. The number of unbranched alkanes of at least 4 members (excludes halogenated alkanes) is 2. The van der Waals surface area contributed by atoms with Crippen molar-refractivity contribution in [2.45, 2.75) is 72.8 Å². The summed E-state index contributed by atoms with van der Waals surface area (Å²) in [6, 6.07) is 0.239. The second kappa shape index (κ2) is 9.37.